The van der Waals surface area contributed by atoms with Gasteiger partial charge in [0.1, 0.15) is 15.6 Å². The first kappa shape index (κ1) is 13.5. The third-order valence-electron chi connectivity index (χ3n) is 2.26. The van der Waals surface area contributed by atoms with Crippen LogP contribution in [-0.2, 0) is 9.84 Å². The quantitative estimate of drug-likeness (QED) is 0.803. The molecule has 0 aliphatic carbocycles. The van der Waals surface area contributed by atoms with E-state index in [1.807, 2.05) is 25.1 Å². The zero-order chi connectivity index (χ0) is 12.3. The predicted octanol–water partition coefficient (Wildman–Crippen LogP) is 2.48. The molecule has 3 nitrogen and oxygen atoms in total. The number of rotatable bonds is 4. The van der Waals surface area contributed by atoms with Crippen molar-refractivity contribution >= 4 is 25.8 Å². The summed E-state index contributed by atoms with van der Waals surface area (Å²) in [6.45, 7) is 1.94. The van der Waals surface area contributed by atoms with Crippen LogP contribution in [0.15, 0.2) is 18.2 Å². The fourth-order valence-corrected chi connectivity index (χ4v) is 4.15. The maximum Gasteiger partial charge on any atom is 0.148 e. The summed E-state index contributed by atoms with van der Waals surface area (Å²) >= 11 is 3.40. The summed E-state index contributed by atoms with van der Waals surface area (Å²) in [5, 5.41) is 0. The minimum Gasteiger partial charge on any atom is -0.497 e. The molecule has 0 radical (unpaired) electrons. The van der Waals surface area contributed by atoms with Gasteiger partial charge in [-0.15, -0.1) is 0 Å². The van der Waals surface area contributed by atoms with Crippen LogP contribution < -0.4 is 4.74 Å². The first-order valence-corrected chi connectivity index (χ1v) is 7.77. The molecule has 0 amide bonds. The van der Waals surface area contributed by atoms with Gasteiger partial charge < -0.3 is 4.74 Å². The zero-order valence-electron chi connectivity index (χ0n) is 9.53. The first-order chi connectivity index (χ1) is 7.33. The van der Waals surface area contributed by atoms with Gasteiger partial charge in [0.25, 0.3) is 0 Å². The van der Waals surface area contributed by atoms with E-state index in [-0.39, 0.29) is 10.6 Å². The Morgan fingerprint density at radius 2 is 2.06 bits per heavy atom. The highest BCUT2D eigenvalue weighted by Gasteiger charge is 2.16. The molecule has 1 aromatic rings. The van der Waals surface area contributed by atoms with Gasteiger partial charge in [0.05, 0.1) is 17.7 Å². The Labute approximate surface area is 105 Å². The molecule has 1 aromatic carbocycles. The van der Waals surface area contributed by atoms with Crippen molar-refractivity contribution < 1.29 is 13.2 Å². The molecule has 1 atom stereocenters. The number of hydrogen-bond acceptors (Lipinski definition) is 3. The highest BCUT2D eigenvalue weighted by Crippen LogP contribution is 2.29. The number of aryl methyl sites for hydroxylation is 1. The van der Waals surface area contributed by atoms with E-state index < -0.39 is 9.84 Å². The Hall–Kier alpha value is -0.550. The molecule has 0 heterocycles. The second-order valence-electron chi connectivity index (χ2n) is 3.78. The van der Waals surface area contributed by atoms with Crippen molar-refractivity contribution in [1.82, 2.24) is 0 Å². The minimum absolute atomic E-state index is 0.0974. The molecule has 0 aliphatic heterocycles. The molecule has 0 aliphatic rings. The zero-order valence-corrected chi connectivity index (χ0v) is 11.9. The van der Waals surface area contributed by atoms with Crippen LogP contribution in [0.5, 0.6) is 5.75 Å². The third-order valence-corrected chi connectivity index (χ3v) is 4.45. The van der Waals surface area contributed by atoms with Crippen molar-refractivity contribution in [2.75, 3.05) is 19.1 Å². The maximum atomic E-state index is 11.2. The van der Waals surface area contributed by atoms with Gasteiger partial charge in [-0.05, 0) is 30.2 Å². The van der Waals surface area contributed by atoms with Crippen LogP contribution in [0.4, 0.5) is 0 Å². The van der Waals surface area contributed by atoms with Crippen molar-refractivity contribution in [3.05, 3.63) is 29.3 Å². The minimum atomic E-state index is -2.98. The van der Waals surface area contributed by atoms with E-state index in [2.05, 4.69) is 15.9 Å². The Balaban J connectivity index is 2.96. The number of ether oxygens (including phenoxy) is 1. The lowest BCUT2D eigenvalue weighted by atomic mass is 10.1. The summed E-state index contributed by atoms with van der Waals surface area (Å²) in [5.41, 5.74) is 2.00. The maximum absolute atomic E-state index is 11.2. The molecule has 0 bridgehead atoms. The molecule has 1 unspecified atom stereocenters. The Bertz CT molecular complexity index is 468. The molecule has 5 heteroatoms. The molecule has 0 fully saturated rings. The highest BCUT2D eigenvalue weighted by molar-refractivity contribution is 9.09. The SMILES string of the molecule is COc1ccc(C(Br)CS(C)(=O)=O)c(C)c1. The van der Waals surface area contributed by atoms with E-state index in [0.29, 0.717) is 0 Å². The predicted molar refractivity (Wildman–Crippen MR) is 69.1 cm³/mol. The smallest absolute Gasteiger partial charge is 0.148 e. The molecule has 16 heavy (non-hydrogen) atoms. The topological polar surface area (TPSA) is 43.4 Å². The number of halogens is 1. The van der Waals surface area contributed by atoms with Crippen LogP contribution >= 0.6 is 15.9 Å². The summed E-state index contributed by atoms with van der Waals surface area (Å²) in [5.74, 6) is 0.875. The van der Waals surface area contributed by atoms with E-state index in [4.69, 9.17) is 4.74 Å². The molecular formula is C11H15BrO3S. The standard InChI is InChI=1S/C11H15BrO3S/c1-8-6-9(15-2)4-5-10(8)11(12)7-16(3,13)14/h4-6,11H,7H2,1-3H3. The lowest BCUT2D eigenvalue weighted by molar-refractivity contribution is 0.414. The molecular weight excluding hydrogens is 292 g/mol. The van der Waals surface area contributed by atoms with Crippen LogP contribution in [0.25, 0.3) is 0 Å². The van der Waals surface area contributed by atoms with Crippen LogP contribution in [0.3, 0.4) is 0 Å². The molecule has 0 N–H and O–H groups in total. The first-order valence-electron chi connectivity index (χ1n) is 4.80. The number of sulfone groups is 1. The van der Waals surface area contributed by atoms with Gasteiger partial charge in [-0.3, -0.25) is 0 Å². The fourth-order valence-electron chi connectivity index (χ4n) is 1.48. The van der Waals surface area contributed by atoms with Gasteiger partial charge >= 0.3 is 0 Å². The normalized spacial score (nSPS) is 13.5. The fraction of sp³-hybridized carbons (Fsp3) is 0.455. The summed E-state index contributed by atoms with van der Waals surface area (Å²) in [6.07, 6.45) is 1.24. The van der Waals surface area contributed by atoms with Crippen LogP contribution in [0, 0.1) is 6.92 Å². The van der Waals surface area contributed by atoms with E-state index in [1.165, 1.54) is 6.26 Å². The highest BCUT2D eigenvalue weighted by atomic mass is 79.9. The Morgan fingerprint density at radius 1 is 1.44 bits per heavy atom. The molecule has 0 spiro atoms. The second-order valence-corrected chi connectivity index (χ2v) is 7.07. The summed E-state index contributed by atoms with van der Waals surface area (Å²) in [7, 11) is -1.37. The molecule has 0 aromatic heterocycles. The van der Waals surface area contributed by atoms with E-state index >= 15 is 0 Å². The molecule has 90 valence electrons. The van der Waals surface area contributed by atoms with Crippen molar-refractivity contribution in [2.24, 2.45) is 0 Å². The Morgan fingerprint density at radius 3 is 2.50 bits per heavy atom. The average Bonchev–Trinajstić information content (AvgIpc) is 2.14. The van der Waals surface area contributed by atoms with Crippen molar-refractivity contribution in [3.8, 4) is 5.75 Å². The van der Waals surface area contributed by atoms with E-state index in [0.717, 1.165) is 16.9 Å². The number of methoxy groups -OCH3 is 1. The summed E-state index contributed by atoms with van der Waals surface area (Å²) < 4.78 is 27.5. The Kier molecular flexibility index (Phi) is 4.38. The average molecular weight is 307 g/mol. The molecule has 1 rings (SSSR count). The summed E-state index contributed by atoms with van der Waals surface area (Å²) in [6, 6.07) is 5.61. The van der Waals surface area contributed by atoms with E-state index in [1.54, 1.807) is 7.11 Å². The van der Waals surface area contributed by atoms with Gasteiger partial charge in [0, 0.05) is 6.26 Å². The van der Waals surface area contributed by atoms with Crippen LogP contribution in [0.1, 0.15) is 16.0 Å². The van der Waals surface area contributed by atoms with Gasteiger partial charge in [0.15, 0.2) is 0 Å². The summed E-state index contributed by atoms with van der Waals surface area (Å²) in [4.78, 5) is -0.173. The lowest BCUT2D eigenvalue weighted by Crippen LogP contribution is -2.09. The molecule has 0 saturated heterocycles. The number of benzene rings is 1. The van der Waals surface area contributed by atoms with Crippen LogP contribution in [-0.4, -0.2) is 27.5 Å². The second kappa shape index (κ2) is 5.19. The molecule has 0 saturated carbocycles. The lowest BCUT2D eigenvalue weighted by Gasteiger charge is -2.13. The van der Waals surface area contributed by atoms with Crippen molar-refractivity contribution in [2.45, 2.75) is 11.8 Å². The van der Waals surface area contributed by atoms with Crippen molar-refractivity contribution in [3.63, 3.8) is 0 Å². The van der Waals surface area contributed by atoms with Gasteiger partial charge in [-0.2, -0.15) is 0 Å². The number of alkyl halides is 1. The van der Waals surface area contributed by atoms with Gasteiger partial charge in [0.2, 0.25) is 0 Å². The largest absolute Gasteiger partial charge is 0.497 e. The van der Waals surface area contributed by atoms with Crippen LogP contribution in [0.2, 0.25) is 0 Å². The third kappa shape index (κ3) is 3.79. The van der Waals surface area contributed by atoms with Gasteiger partial charge in [-0.25, -0.2) is 8.42 Å². The van der Waals surface area contributed by atoms with Gasteiger partial charge in [-0.1, -0.05) is 22.0 Å². The number of hydrogen-bond donors (Lipinski definition) is 0. The van der Waals surface area contributed by atoms with Crippen molar-refractivity contribution in [1.29, 1.82) is 0 Å². The monoisotopic (exact) mass is 306 g/mol. The van der Waals surface area contributed by atoms with E-state index in [9.17, 15) is 8.42 Å².